The second-order valence-electron chi connectivity index (χ2n) is 3.88. The van der Waals surface area contributed by atoms with Crippen LogP contribution in [0.5, 0.6) is 0 Å². The van der Waals surface area contributed by atoms with Gasteiger partial charge in [0.15, 0.2) is 0 Å². The van der Waals surface area contributed by atoms with E-state index in [2.05, 4.69) is 5.32 Å². The summed E-state index contributed by atoms with van der Waals surface area (Å²) >= 11 is 0. The molecule has 0 spiro atoms. The minimum Gasteiger partial charge on any atom is -0.467 e. The van der Waals surface area contributed by atoms with Crippen molar-refractivity contribution in [2.75, 3.05) is 11.1 Å². The van der Waals surface area contributed by atoms with Crippen molar-refractivity contribution < 1.29 is 9.34 Å². The molecule has 18 heavy (non-hydrogen) atoms. The van der Waals surface area contributed by atoms with E-state index in [4.69, 9.17) is 10.2 Å². The van der Waals surface area contributed by atoms with Crippen LogP contribution in [-0.4, -0.2) is 4.92 Å². The van der Waals surface area contributed by atoms with Crippen LogP contribution in [0.1, 0.15) is 18.7 Å². The van der Waals surface area contributed by atoms with Crippen LogP contribution in [0.15, 0.2) is 41.0 Å². The van der Waals surface area contributed by atoms with Gasteiger partial charge < -0.3 is 15.5 Å². The summed E-state index contributed by atoms with van der Waals surface area (Å²) in [5.41, 5.74) is 6.01. The maximum absolute atomic E-state index is 11.0. The van der Waals surface area contributed by atoms with Crippen LogP contribution in [0.2, 0.25) is 0 Å². The number of benzene rings is 1. The molecular formula is C12H13N3O3. The fourth-order valence-electron chi connectivity index (χ4n) is 1.72. The minimum absolute atomic E-state index is 0.115. The van der Waals surface area contributed by atoms with E-state index >= 15 is 0 Å². The number of nitro groups is 1. The first kappa shape index (κ1) is 12.0. The Balaban J connectivity index is 2.29. The minimum atomic E-state index is -0.494. The molecule has 0 amide bonds. The summed E-state index contributed by atoms with van der Waals surface area (Å²) in [5.74, 6) is 0.701. The predicted molar refractivity (Wildman–Crippen MR) is 68.3 cm³/mol. The highest BCUT2D eigenvalue weighted by Crippen LogP contribution is 2.32. The number of rotatable bonds is 4. The van der Waals surface area contributed by atoms with Gasteiger partial charge in [0.05, 0.1) is 17.2 Å². The zero-order valence-electron chi connectivity index (χ0n) is 9.79. The second kappa shape index (κ2) is 4.79. The first-order chi connectivity index (χ1) is 8.59. The number of hydrogen-bond acceptors (Lipinski definition) is 5. The van der Waals surface area contributed by atoms with Crippen LogP contribution in [0.3, 0.4) is 0 Å². The lowest BCUT2D eigenvalue weighted by molar-refractivity contribution is -0.383. The Labute approximate surface area is 104 Å². The summed E-state index contributed by atoms with van der Waals surface area (Å²) in [4.78, 5) is 10.5. The standard InChI is InChI=1S/C12H13N3O3/c1-8(11-6-3-7-18-11)14-10-5-2-4-9(13)12(10)15(16)17/h2-8,14H,13H2,1H3. The highest BCUT2D eigenvalue weighted by Gasteiger charge is 2.19. The maximum atomic E-state index is 11.0. The van der Waals surface area contributed by atoms with Crippen molar-refractivity contribution in [2.24, 2.45) is 0 Å². The molecule has 0 aliphatic rings. The molecular weight excluding hydrogens is 234 g/mol. The van der Waals surface area contributed by atoms with Crippen molar-refractivity contribution in [2.45, 2.75) is 13.0 Å². The lowest BCUT2D eigenvalue weighted by Gasteiger charge is -2.13. The Morgan fingerprint density at radius 3 is 2.78 bits per heavy atom. The van der Waals surface area contributed by atoms with Gasteiger partial charge in [0.2, 0.25) is 0 Å². The summed E-state index contributed by atoms with van der Waals surface area (Å²) in [7, 11) is 0. The summed E-state index contributed by atoms with van der Waals surface area (Å²) in [6.07, 6.45) is 1.56. The third-order valence-corrected chi connectivity index (χ3v) is 2.59. The Morgan fingerprint density at radius 2 is 2.17 bits per heavy atom. The summed E-state index contributed by atoms with van der Waals surface area (Å²) in [6.45, 7) is 1.85. The SMILES string of the molecule is CC(Nc1cccc(N)c1[N+](=O)[O-])c1ccco1. The van der Waals surface area contributed by atoms with Crippen LogP contribution >= 0.6 is 0 Å². The van der Waals surface area contributed by atoms with E-state index in [-0.39, 0.29) is 17.4 Å². The predicted octanol–water partition coefficient (Wildman–Crippen LogP) is 2.94. The number of nitrogens with zero attached hydrogens (tertiary/aromatic N) is 1. The van der Waals surface area contributed by atoms with Gasteiger partial charge in [-0.25, -0.2) is 0 Å². The molecule has 2 aromatic rings. The normalized spacial score (nSPS) is 12.1. The van der Waals surface area contributed by atoms with E-state index in [1.165, 1.54) is 6.07 Å². The average molecular weight is 247 g/mol. The Bertz CT molecular complexity index is 552. The molecule has 1 aromatic carbocycles. The molecule has 3 N–H and O–H groups in total. The van der Waals surface area contributed by atoms with E-state index in [1.807, 2.05) is 6.92 Å². The van der Waals surface area contributed by atoms with Gasteiger partial charge in [0.1, 0.15) is 17.1 Å². The van der Waals surface area contributed by atoms with Gasteiger partial charge in [-0.1, -0.05) is 6.07 Å². The summed E-state index contributed by atoms with van der Waals surface area (Å²) in [6, 6.07) is 8.17. The van der Waals surface area contributed by atoms with Gasteiger partial charge in [-0.15, -0.1) is 0 Å². The molecule has 2 rings (SSSR count). The van der Waals surface area contributed by atoms with Gasteiger partial charge in [0.25, 0.3) is 0 Å². The van der Waals surface area contributed by atoms with Gasteiger partial charge >= 0.3 is 5.69 Å². The quantitative estimate of drug-likeness (QED) is 0.492. The van der Waals surface area contributed by atoms with Crippen molar-refractivity contribution in [3.8, 4) is 0 Å². The lowest BCUT2D eigenvalue weighted by Crippen LogP contribution is -2.08. The van der Waals surface area contributed by atoms with E-state index in [0.717, 1.165) is 0 Å². The van der Waals surface area contributed by atoms with Crippen molar-refractivity contribution >= 4 is 17.1 Å². The average Bonchev–Trinajstić information content (AvgIpc) is 2.81. The zero-order valence-corrected chi connectivity index (χ0v) is 9.79. The lowest BCUT2D eigenvalue weighted by atomic mass is 10.2. The molecule has 0 fully saturated rings. The Morgan fingerprint density at radius 1 is 1.39 bits per heavy atom. The topological polar surface area (TPSA) is 94.3 Å². The van der Waals surface area contributed by atoms with Crippen molar-refractivity contribution in [1.82, 2.24) is 0 Å². The van der Waals surface area contributed by atoms with Crippen molar-refractivity contribution in [3.63, 3.8) is 0 Å². The third kappa shape index (κ3) is 2.27. The molecule has 1 heterocycles. The highest BCUT2D eigenvalue weighted by atomic mass is 16.6. The number of hydrogen-bond donors (Lipinski definition) is 2. The molecule has 1 aromatic heterocycles. The monoisotopic (exact) mass is 247 g/mol. The fourth-order valence-corrected chi connectivity index (χ4v) is 1.72. The number of nitrogens with two attached hydrogens (primary N) is 1. The molecule has 0 saturated heterocycles. The first-order valence-corrected chi connectivity index (χ1v) is 5.42. The molecule has 0 saturated carbocycles. The number of nitrogens with one attached hydrogen (secondary N) is 1. The molecule has 6 nitrogen and oxygen atoms in total. The molecule has 6 heteroatoms. The van der Waals surface area contributed by atoms with E-state index < -0.39 is 4.92 Å². The molecule has 0 radical (unpaired) electrons. The van der Waals surface area contributed by atoms with Crippen LogP contribution in [0, 0.1) is 10.1 Å². The fraction of sp³-hybridized carbons (Fsp3) is 0.167. The smallest absolute Gasteiger partial charge is 0.314 e. The first-order valence-electron chi connectivity index (χ1n) is 5.42. The van der Waals surface area contributed by atoms with Gasteiger partial charge in [-0.05, 0) is 31.2 Å². The Kier molecular flexibility index (Phi) is 3.18. The molecule has 1 atom stereocenters. The van der Waals surface area contributed by atoms with E-state index in [0.29, 0.717) is 11.4 Å². The Hall–Kier alpha value is -2.50. The molecule has 1 unspecified atom stereocenters. The van der Waals surface area contributed by atoms with Crippen LogP contribution in [0.4, 0.5) is 17.1 Å². The largest absolute Gasteiger partial charge is 0.467 e. The number of furan rings is 1. The molecule has 0 bridgehead atoms. The van der Waals surface area contributed by atoms with Crippen molar-refractivity contribution in [3.05, 3.63) is 52.5 Å². The maximum Gasteiger partial charge on any atom is 0.314 e. The number of anilines is 2. The molecule has 0 aliphatic heterocycles. The van der Waals surface area contributed by atoms with Crippen LogP contribution in [-0.2, 0) is 0 Å². The second-order valence-corrected chi connectivity index (χ2v) is 3.88. The van der Waals surface area contributed by atoms with Gasteiger partial charge in [0, 0.05) is 0 Å². The molecule has 94 valence electrons. The highest BCUT2D eigenvalue weighted by molar-refractivity contribution is 5.74. The third-order valence-electron chi connectivity index (χ3n) is 2.59. The number of nitro benzene ring substituents is 1. The van der Waals surface area contributed by atoms with Crippen LogP contribution in [0.25, 0.3) is 0 Å². The van der Waals surface area contributed by atoms with E-state index in [9.17, 15) is 10.1 Å². The van der Waals surface area contributed by atoms with Crippen molar-refractivity contribution in [1.29, 1.82) is 0 Å². The summed E-state index contributed by atoms with van der Waals surface area (Å²) < 4.78 is 5.23. The van der Waals surface area contributed by atoms with E-state index in [1.54, 1.807) is 30.5 Å². The van der Waals surface area contributed by atoms with Gasteiger partial charge in [-0.2, -0.15) is 0 Å². The summed E-state index contributed by atoms with van der Waals surface area (Å²) in [5, 5.41) is 14.0. The number of para-hydroxylation sites is 1. The van der Waals surface area contributed by atoms with Gasteiger partial charge in [-0.3, -0.25) is 10.1 Å². The van der Waals surface area contributed by atoms with Crippen LogP contribution < -0.4 is 11.1 Å². The number of nitrogen functional groups attached to an aromatic ring is 1. The zero-order chi connectivity index (χ0) is 13.1. The molecule has 0 aliphatic carbocycles.